The smallest absolute Gasteiger partial charge is 0.269 e. The first kappa shape index (κ1) is 25.2. The highest BCUT2D eigenvalue weighted by Gasteiger charge is 2.43. The molecule has 182 valence electrons. The van der Waals surface area contributed by atoms with Crippen LogP contribution < -0.4 is 10.1 Å². The number of hydrogen-bond donors (Lipinski definition) is 1. The average molecular weight is 488 g/mol. The molecule has 0 aliphatic carbocycles. The number of fused-ring (bicyclic) bond motifs is 1. The number of methoxy groups -OCH3 is 1. The van der Waals surface area contributed by atoms with Crippen molar-refractivity contribution in [2.45, 2.75) is 50.7 Å². The van der Waals surface area contributed by atoms with Gasteiger partial charge < -0.3 is 15.0 Å². The van der Waals surface area contributed by atoms with Crippen LogP contribution in [0.2, 0.25) is 0 Å². The van der Waals surface area contributed by atoms with E-state index in [-0.39, 0.29) is 29.0 Å². The highest BCUT2D eigenvalue weighted by atomic mass is 32.2. The zero-order chi connectivity index (χ0) is 25.0. The topological polar surface area (TPSA) is 113 Å². The quantitative estimate of drug-likeness (QED) is 0.580. The maximum atomic E-state index is 13.4. The van der Waals surface area contributed by atoms with E-state index >= 15 is 0 Å². The summed E-state index contributed by atoms with van der Waals surface area (Å²) in [6.45, 7) is 4.67. The summed E-state index contributed by atoms with van der Waals surface area (Å²) < 4.78 is 31.7. The van der Waals surface area contributed by atoms with E-state index in [2.05, 4.69) is 5.32 Å². The van der Waals surface area contributed by atoms with Crippen LogP contribution in [0.5, 0.6) is 5.75 Å². The van der Waals surface area contributed by atoms with Gasteiger partial charge in [0.15, 0.2) is 0 Å². The highest BCUT2D eigenvalue weighted by molar-refractivity contribution is 7.90. The van der Waals surface area contributed by atoms with E-state index < -0.39 is 34.4 Å². The summed E-state index contributed by atoms with van der Waals surface area (Å²) in [5.41, 5.74) is 0.715. The van der Waals surface area contributed by atoms with E-state index in [0.29, 0.717) is 22.0 Å². The van der Waals surface area contributed by atoms with E-state index in [1.54, 1.807) is 37.3 Å². The number of hydrogen-bond acceptors (Lipinski definition) is 6. The van der Waals surface area contributed by atoms with E-state index in [1.165, 1.54) is 30.2 Å². The first-order valence-electron chi connectivity index (χ1n) is 11.0. The van der Waals surface area contributed by atoms with E-state index in [4.69, 9.17) is 4.74 Å². The van der Waals surface area contributed by atoms with Crippen LogP contribution in [0.4, 0.5) is 0 Å². The predicted molar refractivity (Wildman–Crippen MR) is 126 cm³/mol. The molecule has 0 radical (unpaired) electrons. The maximum absolute atomic E-state index is 13.4. The van der Waals surface area contributed by atoms with Crippen molar-refractivity contribution in [2.24, 2.45) is 0 Å². The van der Waals surface area contributed by atoms with E-state index in [1.807, 2.05) is 13.8 Å². The molecule has 0 aromatic heterocycles. The summed E-state index contributed by atoms with van der Waals surface area (Å²) >= 11 is 0. The van der Waals surface area contributed by atoms with Gasteiger partial charge in [-0.2, -0.15) is 0 Å². The third-order valence-electron chi connectivity index (χ3n) is 5.85. The largest absolute Gasteiger partial charge is 0.497 e. The third-order valence-corrected chi connectivity index (χ3v) is 7.63. The minimum absolute atomic E-state index is 0.0252. The second kappa shape index (κ2) is 10.3. The summed E-state index contributed by atoms with van der Waals surface area (Å²) in [7, 11) is -2.64. The van der Waals surface area contributed by atoms with Gasteiger partial charge in [-0.1, -0.05) is 31.2 Å². The van der Waals surface area contributed by atoms with Gasteiger partial charge in [0.2, 0.25) is 11.8 Å². The summed E-state index contributed by atoms with van der Waals surface area (Å²) in [6, 6.07) is 11.8. The molecule has 0 saturated heterocycles. The van der Waals surface area contributed by atoms with Crippen LogP contribution in [0.1, 0.15) is 43.1 Å². The van der Waals surface area contributed by atoms with Crippen molar-refractivity contribution in [3.05, 3.63) is 59.7 Å². The Kier molecular flexibility index (Phi) is 7.61. The zero-order valence-electron chi connectivity index (χ0n) is 19.6. The second-order valence-corrected chi connectivity index (χ2v) is 10.0. The van der Waals surface area contributed by atoms with Gasteiger partial charge in [-0.3, -0.25) is 14.4 Å². The average Bonchev–Trinajstić information content (AvgIpc) is 3.02. The van der Waals surface area contributed by atoms with Crippen LogP contribution in [0.15, 0.2) is 53.4 Å². The van der Waals surface area contributed by atoms with Crippen molar-refractivity contribution in [1.82, 2.24) is 14.5 Å². The Balaban J connectivity index is 1.90. The lowest BCUT2D eigenvalue weighted by Gasteiger charge is -2.31. The molecule has 2 atom stereocenters. The molecule has 34 heavy (non-hydrogen) atoms. The molecule has 9 nitrogen and oxygen atoms in total. The molecule has 0 saturated carbocycles. The molecule has 0 spiro atoms. The number of nitrogens with one attached hydrogen (secondary N) is 1. The Morgan fingerprint density at radius 2 is 1.82 bits per heavy atom. The van der Waals surface area contributed by atoms with E-state index in [9.17, 15) is 22.8 Å². The molecular formula is C24H29N3O6S. The molecule has 1 aliphatic rings. The van der Waals surface area contributed by atoms with Crippen LogP contribution in [-0.2, 0) is 26.2 Å². The standard InChI is InChI=1S/C24H29N3O6S/c1-5-16(2)25-23(29)17(3)26(14-18-9-8-10-19(13-18)33-4)22(28)15-27-24(30)20-11-6-7-12-21(20)34(27,31)32/h6-13,16-17H,5,14-15H2,1-4H3,(H,25,29). The first-order valence-corrected chi connectivity index (χ1v) is 12.4. The molecule has 10 heteroatoms. The zero-order valence-corrected chi connectivity index (χ0v) is 20.5. The number of rotatable bonds is 9. The van der Waals surface area contributed by atoms with Crippen LogP contribution in [-0.4, -0.2) is 61.1 Å². The van der Waals surface area contributed by atoms with Crippen LogP contribution in [0.3, 0.4) is 0 Å². The number of benzene rings is 2. The highest BCUT2D eigenvalue weighted by Crippen LogP contribution is 2.30. The molecular weight excluding hydrogens is 458 g/mol. The lowest BCUT2D eigenvalue weighted by Crippen LogP contribution is -2.52. The van der Waals surface area contributed by atoms with Crippen LogP contribution in [0.25, 0.3) is 0 Å². The van der Waals surface area contributed by atoms with Crippen molar-refractivity contribution in [3.8, 4) is 5.75 Å². The number of nitrogens with zero attached hydrogens (tertiary/aromatic N) is 2. The molecule has 2 aromatic carbocycles. The minimum Gasteiger partial charge on any atom is -0.497 e. The van der Waals surface area contributed by atoms with Gasteiger partial charge in [-0.25, -0.2) is 12.7 Å². The lowest BCUT2D eigenvalue weighted by atomic mass is 10.1. The molecule has 3 amide bonds. The fourth-order valence-electron chi connectivity index (χ4n) is 3.62. The fourth-order valence-corrected chi connectivity index (χ4v) is 5.13. The molecule has 3 rings (SSSR count). The lowest BCUT2D eigenvalue weighted by molar-refractivity contribution is -0.140. The number of sulfonamides is 1. The minimum atomic E-state index is -4.16. The van der Waals surface area contributed by atoms with Crippen molar-refractivity contribution in [3.63, 3.8) is 0 Å². The van der Waals surface area contributed by atoms with E-state index in [0.717, 1.165) is 0 Å². The number of carbonyl (C=O) groups excluding carboxylic acids is 3. The normalized spacial score (nSPS) is 15.9. The molecule has 2 aromatic rings. The number of amides is 3. The monoisotopic (exact) mass is 487 g/mol. The van der Waals surface area contributed by atoms with Gasteiger partial charge in [0.1, 0.15) is 23.2 Å². The molecule has 0 bridgehead atoms. The van der Waals surface area contributed by atoms with Gasteiger partial charge in [-0.15, -0.1) is 0 Å². The molecule has 1 N–H and O–H groups in total. The second-order valence-electron chi connectivity index (χ2n) is 8.18. The van der Waals surface area contributed by atoms with Gasteiger partial charge in [0.05, 0.1) is 12.7 Å². The Morgan fingerprint density at radius 1 is 1.12 bits per heavy atom. The molecule has 1 aliphatic heterocycles. The molecule has 2 unspecified atom stereocenters. The van der Waals surface area contributed by atoms with Crippen molar-refractivity contribution >= 4 is 27.7 Å². The Labute approximate surface area is 199 Å². The number of carbonyl (C=O) groups is 3. The van der Waals surface area contributed by atoms with Crippen molar-refractivity contribution < 1.29 is 27.5 Å². The number of ether oxygens (including phenoxy) is 1. The molecule has 0 fully saturated rings. The van der Waals surface area contributed by atoms with Crippen molar-refractivity contribution in [1.29, 1.82) is 0 Å². The van der Waals surface area contributed by atoms with Gasteiger partial charge in [0, 0.05) is 12.6 Å². The predicted octanol–water partition coefficient (Wildman–Crippen LogP) is 2.17. The Hall–Kier alpha value is -3.40. The summed E-state index contributed by atoms with van der Waals surface area (Å²) in [5.74, 6) is -1.22. The fraction of sp³-hybridized carbons (Fsp3) is 0.375. The summed E-state index contributed by atoms with van der Waals surface area (Å²) in [5, 5.41) is 2.85. The van der Waals surface area contributed by atoms with Crippen LogP contribution in [0, 0.1) is 0 Å². The maximum Gasteiger partial charge on any atom is 0.269 e. The van der Waals surface area contributed by atoms with Gasteiger partial charge in [-0.05, 0) is 50.1 Å². The molecule has 1 heterocycles. The van der Waals surface area contributed by atoms with Gasteiger partial charge >= 0.3 is 0 Å². The Bertz CT molecular complexity index is 1200. The summed E-state index contributed by atoms with van der Waals surface area (Å²) in [4.78, 5) is 40.2. The first-order chi connectivity index (χ1) is 16.1. The SMILES string of the molecule is CCC(C)NC(=O)C(C)N(Cc1cccc(OC)c1)C(=O)CN1C(=O)c2ccccc2S1(=O)=O. The third kappa shape index (κ3) is 5.06. The van der Waals surface area contributed by atoms with Gasteiger partial charge in [0.25, 0.3) is 15.9 Å². The van der Waals surface area contributed by atoms with Crippen molar-refractivity contribution in [2.75, 3.05) is 13.7 Å². The summed E-state index contributed by atoms with van der Waals surface area (Å²) in [6.07, 6.45) is 0.709. The Morgan fingerprint density at radius 3 is 2.47 bits per heavy atom. The van der Waals surface area contributed by atoms with Crippen LogP contribution >= 0.6 is 0 Å².